The number of hydrogen-bond donors (Lipinski definition) is 1. The average molecular weight is 394 g/mol. The third-order valence-electron chi connectivity index (χ3n) is 3.51. The Morgan fingerprint density at radius 3 is 2.29 bits per heavy atom. The van der Waals surface area contributed by atoms with Crippen LogP contribution in [-0.4, -0.2) is 33.3 Å². The number of halogens is 1. The molecule has 1 amide bonds. The SMILES string of the molecule is COc1cc(C(=O)Nc2ccc3c(c2)OCCO3)cc(OC)c1Br. The fraction of sp³-hybridized carbons (Fsp3) is 0.235. The van der Waals surface area contributed by atoms with Crippen molar-refractivity contribution < 1.29 is 23.7 Å². The Hall–Kier alpha value is -2.41. The van der Waals surface area contributed by atoms with E-state index in [9.17, 15) is 4.79 Å². The highest BCUT2D eigenvalue weighted by Gasteiger charge is 2.16. The molecule has 3 rings (SSSR count). The van der Waals surface area contributed by atoms with Crippen LogP contribution < -0.4 is 24.3 Å². The largest absolute Gasteiger partial charge is 0.495 e. The summed E-state index contributed by atoms with van der Waals surface area (Å²) in [6.07, 6.45) is 0. The second-order valence-electron chi connectivity index (χ2n) is 5.01. The molecule has 0 unspecified atom stereocenters. The molecular weight excluding hydrogens is 378 g/mol. The van der Waals surface area contributed by atoms with Crippen molar-refractivity contribution in [3.8, 4) is 23.0 Å². The Morgan fingerprint density at radius 1 is 1.04 bits per heavy atom. The molecule has 1 N–H and O–H groups in total. The van der Waals surface area contributed by atoms with Gasteiger partial charge in [-0.25, -0.2) is 0 Å². The lowest BCUT2D eigenvalue weighted by Gasteiger charge is -2.19. The Morgan fingerprint density at radius 2 is 1.67 bits per heavy atom. The fourth-order valence-corrected chi connectivity index (χ4v) is 2.88. The molecule has 1 aliphatic rings. The van der Waals surface area contributed by atoms with Crippen molar-refractivity contribution >= 4 is 27.5 Å². The molecule has 0 saturated heterocycles. The summed E-state index contributed by atoms with van der Waals surface area (Å²) in [5.41, 5.74) is 1.03. The van der Waals surface area contributed by atoms with Crippen molar-refractivity contribution in [1.82, 2.24) is 0 Å². The summed E-state index contributed by atoms with van der Waals surface area (Å²) in [6.45, 7) is 1.02. The molecule has 0 fully saturated rings. The predicted octanol–water partition coefficient (Wildman–Crippen LogP) is 3.49. The van der Waals surface area contributed by atoms with Crippen molar-refractivity contribution in [3.05, 3.63) is 40.4 Å². The molecule has 2 aromatic carbocycles. The summed E-state index contributed by atoms with van der Waals surface area (Å²) >= 11 is 3.38. The molecule has 0 bridgehead atoms. The number of nitrogens with one attached hydrogen (secondary N) is 1. The minimum Gasteiger partial charge on any atom is -0.495 e. The van der Waals surface area contributed by atoms with Gasteiger partial charge in [0.1, 0.15) is 29.2 Å². The van der Waals surface area contributed by atoms with E-state index >= 15 is 0 Å². The van der Waals surface area contributed by atoms with Crippen LogP contribution in [0.4, 0.5) is 5.69 Å². The lowest BCUT2D eigenvalue weighted by Crippen LogP contribution is -2.16. The number of carbonyl (C=O) groups excluding carboxylic acids is 1. The third kappa shape index (κ3) is 3.26. The molecule has 0 saturated carbocycles. The molecule has 24 heavy (non-hydrogen) atoms. The van der Waals surface area contributed by atoms with Gasteiger partial charge in [0.15, 0.2) is 11.5 Å². The van der Waals surface area contributed by atoms with Crippen LogP contribution in [0.3, 0.4) is 0 Å². The van der Waals surface area contributed by atoms with Gasteiger partial charge in [-0.1, -0.05) is 0 Å². The minimum atomic E-state index is -0.282. The highest BCUT2D eigenvalue weighted by Crippen LogP contribution is 2.36. The van der Waals surface area contributed by atoms with E-state index in [-0.39, 0.29) is 5.91 Å². The zero-order valence-electron chi connectivity index (χ0n) is 13.2. The maximum absolute atomic E-state index is 12.5. The maximum Gasteiger partial charge on any atom is 0.255 e. The molecular formula is C17H16BrNO5. The van der Waals surface area contributed by atoms with Crippen molar-refractivity contribution in [2.75, 3.05) is 32.8 Å². The van der Waals surface area contributed by atoms with E-state index in [2.05, 4.69) is 21.2 Å². The summed E-state index contributed by atoms with van der Waals surface area (Å²) in [5, 5.41) is 2.83. The molecule has 2 aromatic rings. The van der Waals surface area contributed by atoms with Gasteiger partial charge >= 0.3 is 0 Å². The number of amides is 1. The van der Waals surface area contributed by atoms with Crippen molar-refractivity contribution in [2.45, 2.75) is 0 Å². The Kier molecular flexibility index (Phi) is 4.80. The first kappa shape index (κ1) is 16.4. The van der Waals surface area contributed by atoms with Gasteiger partial charge in [-0.15, -0.1) is 0 Å². The first-order valence-electron chi connectivity index (χ1n) is 7.25. The second-order valence-corrected chi connectivity index (χ2v) is 5.80. The van der Waals surface area contributed by atoms with Gasteiger partial charge in [0.2, 0.25) is 0 Å². The van der Waals surface area contributed by atoms with Gasteiger partial charge in [0.25, 0.3) is 5.91 Å². The number of anilines is 1. The number of benzene rings is 2. The van der Waals surface area contributed by atoms with Gasteiger partial charge in [-0.3, -0.25) is 4.79 Å². The standard InChI is InChI=1S/C17H16BrNO5/c1-21-14-7-10(8-15(22-2)16(14)18)17(20)19-11-3-4-12-13(9-11)24-6-5-23-12/h3-4,7-9H,5-6H2,1-2H3,(H,19,20). The zero-order chi connectivity index (χ0) is 17.1. The average Bonchev–Trinajstić information content (AvgIpc) is 2.61. The van der Waals surface area contributed by atoms with E-state index in [1.807, 2.05) is 0 Å². The van der Waals surface area contributed by atoms with Crippen LogP contribution >= 0.6 is 15.9 Å². The van der Waals surface area contributed by atoms with E-state index in [1.165, 1.54) is 14.2 Å². The summed E-state index contributed by atoms with van der Waals surface area (Å²) in [7, 11) is 3.06. The molecule has 7 heteroatoms. The normalized spacial score (nSPS) is 12.5. The second kappa shape index (κ2) is 7.00. The molecule has 0 spiro atoms. The van der Waals surface area contributed by atoms with Crippen LogP contribution in [-0.2, 0) is 0 Å². The number of ether oxygens (including phenoxy) is 4. The molecule has 126 valence electrons. The van der Waals surface area contributed by atoms with Gasteiger partial charge < -0.3 is 24.3 Å². The summed E-state index contributed by atoms with van der Waals surface area (Å²) in [5.74, 6) is 2.04. The molecule has 0 aromatic heterocycles. The van der Waals surface area contributed by atoms with Gasteiger partial charge in [-0.05, 0) is 40.2 Å². The lowest BCUT2D eigenvalue weighted by atomic mass is 10.1. The number of rotatable bonds is 4. The van der Waals surface area contributed by atoms with Crippen LogP contribution in [0.25, 0.3) is 0 Å². The fourth-order valence-electron chi connectivity index (χ4n) is 2.32. The molecule has 0 atom stereocenters. The third-order valence-corrected chi connectivity index (χ3v) is 4.29. The van der Waals surface area contributed by atoms with E-state index in [1.54, 1.807) is 30.3 Å². The Bertz CT molecular complexity index is 753. The van der Waals surface area contributed by atoms with Crippen LogP contribution in [0, 0.1) is 0 Å². The van der Waals surface area contributed by atoms with E-state index in [4.69, 9.17) is 18.9 Å². The number of fused-ring (bicyclic) bond motifs is 1. The summed E-state index contributed by atoms with van der Waals surface area (Å²) in [6, 6.07) is 8.55. The lowest BCUT2D eigenvalue weighted by molar-refractivity contribution is 0.102. The Labute approximate surface area is 147 Å². The number of methoxy groups -OCH3 is 2. The number of carbonyl (C=O) groups is 1. The molecule has 0 aliphatic carbocycles. The van der Waals surface area contributed by atoms with Gasteiger partial charge in [0.05, 0.1) is 14.2 Å². The van der Waals surface area contributed by atoms with E-state index in [0.717, 1.165) is 0 Å². The zero-order valence-corrected chi connectivity index (χ0v) is 14.8. The highest BCUT2D eigenvalue weighted by molar-refractivity contribution is 9.10. The first-order valence-corrected chi connectivity index (χ1v) is 8.04. The van der Waals surface area contributed by atoms with Gasteiger partial charge in [0, 0.05) is 17.3 Å². The summed E-state index contributed by atoms with van der Waals surface area (Å²) in [4.78, 5) is 12.5. The van der Waals surface area contributed by atoms with Crippen LogP contribution in [0.5, 0.6) is 23.0 Å². The first-order chi connectivity index (χ1) is 11.6. The molecule has 0 radical (unpaired) electrons. The number of hydrogen-bond acceptors (Lipinski definition) is 5. The van der Waals surface area contributed by atoms with Gasteiger partial charge in [-0.2, -0.15) is 0 Å². The quantitative estimate of drug-likeness (QED) is 0.860. The highest BCUT2D eigenvalue weighted by atomic mass is 79.9. The van der Waals surface area contributed by atoms with Crippen LogP contribution in [0.2, 0.25) is 0 Å². The van der Waals surface area contributed by atoms with Crippen LogP contribution in [0.15, 0.2) is 34.8 Å². The van der Waals surface area contributed by atoms with Crippen molar-refractivity contribution in [2.24, 2.45) is 0 Å². The predicted molar refractivity (Wildman–Crippen MR) is 92.6 cm³/mol. The summed E-state index contributed by atoms with van der Waals surface area (Å²) < 4.78 is 22.2. The smallest absolute Gasteiger partial charge is 0.255 e. The molecule has 1 aliphatic heterocycles. The monoisotopic (exact) mass is 393 g/mol. The Balaban J connectivity index is 1.85. The van der Waals surface area contributed by atoms with E-state index in [0.29, 0.717) is 51.9 Å². The van der Waals surface area contributed by atoms with Crippen LogP contribution in [0.1, 0.15) is 10.4 Å². The van der Waals surface area contributed by atoms with E-state index < -0.39 is 0 Å². The maximum atomic E-state index is 12.5. The molecule has 6 nitrogen and oxygen atoms in total. The minimum absolute atomic E-state index is 0.282. The van der Waals surface area contributed by atoms with Crippen molar-refractivity contribution in [1.29, 1.82) is 0 Å². The molecule has 1 heterocycles. The topological polar surface area (TPSA) is 66.0 Å². The van der Waals surface area contributed by atoms with Crippen molar-refractivity contribution in [3.63, 3.8) is 0 Å².